The zero-order valence-corrected chi connectivity index (χ0v) is 21.2. The third kappa shape index (κ3) is 5.42. The molecule has 3 nitrogen and oxygen atoms in total. The van der Waals surface area contributed by atoms with Crippen molar-refractivity contribution in [3.63, 3.8) is 0 Å². The van der Waals surface area contributed by atoms with E-state index in [2.05, 4.69) is 86.8 Å². The van der Waals surface area contributed by atoms with Crippen LogP contribution in [0.1, 0.15) is 47.6 Å². The molecule has 1 saturated heterocycles. The second kappa shape index (κ2) is 10.8. The lowest BCUT2D eigenvalue weighted by Gasteiger charge is -2.33. The van der Waals surface area contributed by atoms with Crippen LogP contribution in [0.4, 0.5) is 0 Å². The van der Waals surface area contributed by atoms with Gasteiger partial charge < -0.3 is 14.2 Å². The summed E-state index contributed by atoms with van der Waals surface area (Å²) in [7, 11) is 0. The molecule has 3 aromatic rings. The fourth-order valence-electron chi connectivity index (χ4n) is 4.80. The molecule has 0 amide bonds. The Morgan fingerprint density at radius 3 is 1.86 bits per heavy atom. The molecule has 0 bridgehead atoms. The first-order chi connectivity index (χ1) is 17.6. The van der Waals surface area contributed by atoms with E-state index in [0.29, 0.717) is 12.5 Å². The lowest BCUT2D eigenvalue weighted by atomic mass is 9.70. The fraction of sp³-hybridized carbons (Fsp3) is 0.333. The van der Waals surface area contributed by atoms with Crippen molar-refractivity contribution in [1.29, 1.82) is 0 Å². The van der Waals surface area contributed by atoms with Gasteiger partial charge in [0, 0.05) is 5.41 Å². The number of ether oxygens (including phenoxy) is 3. The van der Waals surface area contributed by atoms with E-state index in [9.17, 15) is 0 Å². The Hall–Kier alpha value is -3.30. The summed E-state index contributed by atoms with van der Waals surface area (Å²) in [6.07, 6.45) is 8.20. The van der Waals surface area contributed by atoms with E-state index in [-0.39, 0.29) is 11.5 Å². The van der Waals surface area contributed by atoms with Crippen LogP contribution in [-0.4, -0.2) is 25.9 Å². The molecule has 2 unspecified atom stereocenters. The standard InChI is InChI=1S/C33H36O3/c1-4-9-25-19-28(15-17-31(25)35-21-24-13-14-24)33(3,27-11-7-6-8-12-27)29-16-18-32(26(20-29)10-5-2)36-23-30-22-34-30/h4-8,11-12,15-20,24,30H,1-2,9-10,13-14,21-23H2,3H3. The van der Waals surface area contributed by atoms with Crippen LogP contribution >= 0.6 is 0 Å². The average molecular weight is 481 g/mol. The van der Waals surface area contributed by atoms with Gasteiger partial charge in [-0.25, -0.2) is 0 Å². The lowest BCUT2D eigenvalue weighted by molar-refractivity contribution is 0.261. The smallest absolute Gasteiger partial charge is 0.122 e. The number of epoxide rings is 1. The minimum atomic E-state index is -0.361. The molecule has 1 saturated carbocycles. The molecule has 0 aromatic heterocycles. The van der Waals surface area contributed by atoms with Crippen molar-refractivity contribution in [1.82, 2.24) is 0 Å². The van der Waals surface area contributed by atoms with Gasteiger partial charge in [-0.1, -0.05) is 66.7 Å². The van der Waals surface area contributed by atoms with Crippen LogP contribution in [0.2, 0.25) is 0 Å². The van der Waals surface area contributed by atoms with Crippen molar-refractivity contribution >= 4 is 0 Å². The molecular weight excluding hydrogens is 444 g/mol. The first kappa shape index (κ1) is 24.4. The summed E-state index contributed by atoms with van der Waals surface area (Å²) in [4.78, 5) is 0. The molecule has 3 heteroatoms. The van der Waals surface area contributed by atoms with Crippen molar-refractivity contribution in [3.8, 4) is 11.5 Å². The van der Waals surface area contributed by atoms with Gasteiger partial charge in [-0.15, -0.1) is 13.2 Å². The molecule has 36 heavy (non-hydrogen) atoms. The summed E-state index contributed by atoms with van der Waals surface area (Å²) >= 11 is 0. The largest absolute Gasteiger partial charge is 0.493 e. The van der Waals surface area contributed by atoms with Crippen molar-refractivity contribution in [2.45, 2.75) is 44.1 Å². The third-order valence-corrected chi connectivity index (χ3v) is 7.35. The average Bonchev–Trinajstić information content (AvgIpc) is 3.83. The fourth-order valence-corrected chi connectivity index (χ4v) is 4.80. The third-order valence-electron chi connectivity index (χ3n) is 7.35. The Balaban J connectivity index is 1.56. The molecule has 1 heterocycles. The monoisotopic (exact) mass is 480 g/mol. The number of benzene rings is 3. The van der Waals surface area contributed by atoms with Crippen molar-refractivity contribution in [3.05, 3.63) is 120 Å². The summed E-state index contributed by atoms with van der Waals surface area (Å²) in [5, 5.41) is 0. The van der Waals surface area contributed by atoms with E-state index >= 15 is 0 Å². The van der Waals surface area contributed by atoms with Gasteiger partial charge in [0.15, 0.2) is 0 Å². The number of hydrogen-bond acceptors (Lipinski definition) is 3. The van der Waals surface area contributed by atoms with Gasteiger partial charge in [0.1, 0.15) is 24.2 Å². The first-order valence-electron chi connectivity index (χ1n) is 13.0. The summed E-state index contributed by atoms with van der Waals surface area (Å²) in [5.74, 6) is 2.59. The maximum Gasteiger partial charge on any atom is 0.122 e. The summed E-state index contributed by atoms with van der Waals surface area (Å²) in [6, 6.07) is 24.0. The Kier molecular flexibility index (Phi) is 7.29. The Bertz CT molecular complexity index is 1130. The highest BCUT2D eigenvalue weighted by Crippen LogP contribution is 2.42. The molecule has 0 N–H and O–H groups in total. The SMILES string of the molecule is C=CCc1cc(C(C)(c2ccccc2)c2ccc(OCC3CO3)c(CC=C)c2)ccc1OCC1CC1. The Morgan fingerprint density at radius 2 is 1.36 bits per heavy atom. The predicted octanol–water partition coefficient (Wildman–Crippen LogP) is 7.06. The zero-order valence-electron chi connectivity index (χ0n) is 21.2. The quantitative estimate of drug-likeness (QED) is 0.149. The number of allylic oxidation sites excluding steroid dienone is 2. The second-order valence-corrected chi connectivity index (χ2v) is 10.1. The van der Waals surface area contributed by atoms with E-state index in [1.165, 1.54) is 35.1 Å². The van der Waals surface area contributed by atoms with Gasteiger partial charge in [0.25, 0.3) is 0 Å². The molecule has 3 aromatic carbocycles. The van der Waals surface area contributed by atoms with Gasteiger partial charge in [-0.3, -0.25) is 0 Å². The van der Waals surface area contributed by atoms with E-state index < -0.39 is 0 Å². The molecule has 186 valence electrons. The number of rotatable bonds is 13. The highest BCUT2D eigenvalue weighted by molar-refractivity contribution is 5.55. The number of hydrogen-bond donors (Lipinski definition) is 0. The van der Waals surface area contributed by atoms with Crippen molar-refractivity contribution in [2.24, 2.45) is 5.92 Å². The topological polar surface area (TPSA) is 31.0 Å². The van der Waals surface area contributed by atoms with Crippen LogP contribution in [0.5, 0.6) is 11.5 Å². The van der Waals surface area contributed by atoms with Crippen molar-refractivity contribution < 1.29 is 14.2 Å². The lowest BCUT2D eigenvalue weighted by Crippen LogP contribution is -2.26. The highest BCUT2D eigenvalue weighted by Gasteiger charge is 2.33. The maximum absolute atomic E-state index is 6.23. The van der Waals surface area contributed by atoms with Crippen LogP contribution < -0.4 is 9.47 Å². The van der Waals surface area contributed by atoms with Gasteiger partial charge in [0.05, 0.1) is 13.2 Å². The predicted molar refractivity (Wildman–Crippen MR) is 146 cm³/mol. The van der Waals surface area contributed by atoms with Gasteiger partial charge in [0.2, 0.25) is 0 Å². The molecule has 2 fully saturated rings. The van der Waals surface area contributed by atoms with E-state index in [1.807, 2.05) is 12.2 Å². The maximum atomic E-state index is 6.23. The summed E-state index contributed by atoms with van der Waals surface area (Å²) in [6.45, 7) is 12.5. The molecular formula is C33H36O3. The summed E-state index contributed by atoms with van der Waals surface area (Å²) in [5.41, 5.74) is 5.65. The summed E-state index contributed by atoms with van der Waals surface area (Å²) < 4.78 is 17.7. The Labute approximate surface area is 215 Å². The highest BCUT2D eigenvalue weighted by atomic mass is 16.6. The zero-order chi connectivity index (χ0) is 25.0. The van der Waals surface area contributed by atoms with Crippen LogP contribution in [0.15, 0.2) is 92.0 Å². The van der Waals surface area contributed by atoms with E-state index in [4.69, 9.17) is 14.2 Å². The molecule has 1 aliphatic carbocycles. The Morgan fingerprint density at radius 1 is 0.806 bits per heavy atom. The minimum Gasteiger partial charge on any atom is -0.493 e. The van der Waals surface area contributed by atoms with Crippen LogP contribution in [-0.2, 0) is 23.0 Å². The first-order valence-corrected chi connectivity index (χ1v) is 13.0. The van der Waals surface area contributed by atoms with Crippen molar-refractivity contribution in [2.75, 3.05) is 19.8 Å². The normalized spacial score (nSPS) is 18.2. The van der Waals surface area contributed by atoms with Gasteiger partial charge in [-0.05, 0) is 78.5 Å². The molecule has 1 aliphatic heterocycles. The van der Waals surface area contributed by atoms with Crippen LogP contribution in [0, 0.1) is 5.92 Å². The molecule has 2 atom stereocenters. The second-order valence-electron chi connectivity index (χ2n) is 10.1. The van der Waals surface area contributed by atoms with Crippen LogP contribution in [0.25, 0.3) is 0 Å². The van der Waals surface area contributed by atoms with Crippen LogP contribution in [0.3, 0.4) is 0 Å². The molecule has 0 spiro atoms. The minimum absolute atomic E-state index is 0.222. The van der Waals surface area contributed by atoms with E-state index in [0.717, 1.165) is 43.1 Å². The van der Waals surface area contributed by atoms with Gasteiger partial charge in [-0.2, -0.15) is 0 Å². The van der Waals surface area contributed by atoms with Gasteiger partial charge >= 0.3 is 0 Å². The van der Waals surface area contributed by atoms with E-state index in [1.54, 1.807) is 0 Å². The molecule has 5 rings (SSSR count). The molecule has 2 aliphatic rings. The molecule has 0 radical (unpaired) electrons.